The van der Waals surface area contributed by atoms with Crippen LogP contribution in [0.4, 0.5) is 0 Å². The van der Waals surface area contributed by atoms with Gasteiger partial charge < -0.3 is 15.0 Å². The Labute approximate surface area is 202 Å². The summed E-state index contributed by atoms with van der Waals surface area (Å²) in [5, 5.41) is 2.91. The molecule has 1 unspecified atom stereocenters. The molecular weight excluding hydrogens is 424 g/mol. The minimum Gasteiger partial charge on any atom is -0.483 e. The largest absolute Gasteiger partial charge is 0.483 e. The number of nitrogens with one attached hydrogen (secondary N) is 1. The maximum Gasteiger partial charge on any atom is 0.261 e. The SMILES string of the molecule is CCNC(=O)C(Cc1ccccc1)N(Cc1ccc(C)cc1)C(=O)COc1ccc(C)cc1C. The predicted octanol–water partition coefficient (Wildman–Crippen LogP) is 4.77. The third-order valence-electron chi connectivity index (χ3n) is 5.78. The second kappa shape index (κ2) is 12.0. The Morgan fingerprint density at radius 3 is 2.21 bits per heavy atom. The van der Waals surface area contributed by atoms with Crippen molar-refractivity contribution in [1.29, 1.82) is 0 Å². The summed E-state index contributed by atoms with van der Waals surface area (Å²) in [7, 11) is 0. The fraction of sp³-hybridized carbons (Fsp3) is 0.310. The highest BCUT2D eigenvalue weighted by atomic mass is 16.5. The van der Waals surface area contributed by atoms with Crippen LogP contribution in [0.15, 0.2) is 72.8 Å². The first-order valence-electron chi connectivity index (χ1n) is 11.7. The molecule has 0 spiro atoms. The fourth-order valence-electron chi connectivity index (χ4n) is 3.92. The molecule has 178 valence electrons. The van der Waals surface area contributed by atoms with Crippen molar-refractivity contribution in [3.8, 4) is 5.75 Å². The highest BCUT2D eigenvalue weighted by Crippen LogP contribution is 2.20. The van der Waals surface area contributed by atoms with Crippen LogP contribution in [0.25, 0.3) is 0 Å². The van der Waals surface area contributed by atoms with Crippen LogP contribution < -0.4 is 10.1 Å². The standard InChI is InChI=1S/C29H34N2O3/c1-5-30-29(33)26(18-24-9-7-6-8-10-24)31(19-25-14-11-21(2)12-15-25)28(32)20-34-27-16-13-22(3)17-23(27)4/h6-17,26H,5,18-20H2,1-4H3,(H,30,33). The molecule has 0 aliphatic rings. The van der Waals surface area contributed by atoms with Crippen LogP contribution >= 0.6 is 0 Å². The van der Waals surface area contributed by atoms with Crippen molar-refractivity contribution in [2.24, 2.45) is 0 Å². The van der Waals surface area contributed by atoms with Crippen LogP contribution in [0.1, 0.15) is 34.7 Å². The lowest BCUT2D eigenvalue weighted by molar-refractivity contribution is -0.142. The van der Waals surface area contributed by atoms with Gasteiger partial charge in [-0.05, 0) is 50.5 Å². The Kier molecular flexibility index (Phi) is 8.86. The maximum absolute atomic E-state index is 13.5. The first-order valence-corrected chi connectivity index (χ1v) is 11.7. The number of hydrogen-bond acceptors (Lipinski definition) is 3. The van der Waals surface area contributed by atoms with E-state index in [2.05, 4.69) is 5.32 Å². The zero-order valence-corrected chi connectivity index (χ0v) is 20.5. The number of benzene rings is 3. The summed E-state index contributed by atoms with van der Waals surface area (Å²) in [4.78, 5) is 28.3. The van der Waals surface area contributed by atoms with Crippen molar-refractivity contribution >= 4 is 11.8 Å². The van der Waals surface area contributed by atoms with Gasteiger partial charge in [0, 0.05) is 19.5 Å². The van der Waals surface area contributed by atoms with E-state index in [4.69, 9.17) is 4.74 Å². The predicted molar refractivity (Wildman–Crippen MR) is 136 cm³/mol. The van der Waals surface area contributed by atoms with Crippen LogP contribution in [0.2, 0.25) is 0 Å². The Balaban J connectivity index is 1.89. The molecular formula is C29H34N2O3. The normalized spacial score (nSPS) is 11.5. The number of carbonyl (C=O) groups excluding carboxylic acids is 2. The van der Waals surface area contributed by atoms with Gasteiger partial charge in [-0.3, -0.25) is 9.59 Å². The Bertz CT molecular complexity index is 1090. The summed E-state index contributed by atoms with van der Waals surface area (Å²) >= 11 is 0. The molecule has 5 nitrogen and oxygen atoms in total. The molecule has 0 radical (unpaired) electrons. The zero-order valence-electron chi connectivity index (χ0n) is 20.5. The third-order valence-corrected chi connectivity index (χ3v) is 5.78. The van der Waals surface area contributed by atoms with E-state index in [1.807, 2.05) is 100 Å². The smallest absolute Gasteiger partial charge is 0.261 e. The first kappa shape index (κ1) is 25.0. The molecule has 1 atom stereocenters. The second-order valence-electron chi connectivity index (χ2n) is 8.66. The highest BCUT2D eigenvalue weighted by Gasteiger charge is 2.30. The molecule has 2 amide bonds. The minimum absolute atomic E-state index is 0.138. The number of nitrogens with zero attached hydrogens (tertiary/aromatic N) is 1. The van der Waals surface area contributed by atoms with E-state index in [0.717, 1.165) is 27.8 Å². The van der Waals surface area contributed by atoms with Gasteiger partial charge in [0.1, 0.15) is 11.8 Å². The van der Waals surface area contributed by atoms with Crippen molar-refractivity contribution in [3.05, 3.63) is 101 Å². The lowest BCUT2D eigenvalue weighted by atomic mass is 10.0. The molecule has 3 rings (SSSR count). The van der Waals surface area contributed by atoms with Gasteiger partial charge in [0.15, 0.2) is 6.61 Å². The summed E-state index contributed by atoms with van der Waals surface area (Å²) < 4.78 is 5.91. The van der Waals surface area contributed by atoms with Gasteiger partial charge in [-0.25, -0.2) is 0 Å². The number of hydrogen-bond donors (Lipinski definition) is 1. The van der Waals surface area contributed by atoms with Crippen LogP contribution in [-0.4, -0.2) is 35.9 Å². The van der Waals surface area contributed by atoms with Crippen molar-refractivity contribution in [1.82, 2.24) is 10.2 Å². The molecule has 34 heavy (non-hydrogen) atoms. The fourth-order valence-corrected chi connectivity index (χ4v) is 3.92. The summed E-state index contributed by atoms with van der Waals surface area (Å²) in [5.74, 6) is 0.276. The molecule has 0 heterocycles. The molecule has 5 heteroatoms. The third kappa shape index (κ3) is 6.95. The zero-order chi connectivity index (χ0) is 24.5. The van der Waals surface area contributed by atoms with E-state index in [0.29, 0.717) is 25.3 Å². The maximum atomic E-state index is 13.5. The van der Waals surface area contributed by atoms with Gasteiger partial charge in [0.25, 0.3) is 5.91 Å². The van der Waals surface area contributed by atoms with Crippen molar-refractivity contribution in [2.45, 2.75) is 46.7 Å². The van der Waals surface area contributed by atoms with Crippen LogP contribution in [0, 0.1) is 20.8 Å². The van der Waals surface area contributed by atoms with Gasteiger partial charge >= 0.3 is 0 Å². The summed E-state index contributed by atoms with van der Waals surface area (Å²) in [5.41, 5.74) is 5.21. The van der Waals surface area contributed by atoms with Crippen molar-refractivity contribution in [3.63, 3.8) is 0 Å². The Morgan fingerprint density at radius 1 is 0.882 bits per heavy atom. The molecule has 3 aromatic rings. The number of carbonyl (C=O) groups is 2. The molecule has 0 bridgehead atoms. The topological polar surface area (TPSA) is 58.6 Å². The molecule has 0 aliphatic carbocycles. The monoisotopic (exact) mass is 458 g/mol. The summed E-state index contributed by atoms with van der Waals surface area (Å²) in [6, 6.07) is 23.0. The summed E-state index contributed by atoms with van der Waals surface area (Å²) in [6.45, 7) is 8.57. The number of aryl methyl sites for hydroxylation is 3. The van der Waals surface area contributed by atoms with E-state index in [1.54, 1.807) is 4.90 Å². The van der Waals surface area contributed by atoms with Crippen LogP contribution in [0.5, 0.6) is 5.75 Å². The molecule has 1 N–H and O–H groups in total. The van der Waals surface area contributed by atoms with E-state index in [-0.39, 0.29) is 18.4 Å². The van der Waals surface area contributed by atoms with E-state index in [1.165, 1.54) is 0 Å². The van der Waals surface area contributed by atoms with Gasteiger partial charge in [0.2, 0.25) is 5.91 Å². The average Bonchev–Trinajstić information content (AvgIpc) is 2.82. The minimum atomic E-state index is -0.654. The quantitative estimate of drug-likeness (QED) is 0.476. The summed E-state index contributed by atoms with van der Waals surface area (Å²) in [6.07, 6.45) is 0.424. The number of rotatable bonds is 10. The number of amides is 2. The number of ether oxygens (including phenoxy) is 1. The molecule has 0 aromatic heterocycles. The lowest BCUT2D eigenvalue weighted by Gasteiger charge is -2.31. The average molecular weight is 459 g/mol. The van der Waals surface area contributed by atoms with Gasteiger partial charge in [0.05, 0.1) is 0 Å². The second-order valence-corrected chi connectivity index (χ2v) is 8.66. The number of likely N-dealkylation sites (N-methyl/N-ethyl adjacent to an activating group) is 1. The lowest BCUT2D eigenvalue weighted by Crippen LogP contribution is -2.51. The van der Waals surface area contributed by atoms with E-state index >= 15 is 0 Å². The molecule has 0 saturated carbocycles. The Hall–Kier alpha value is -3.60. The van der Waals surface area contributed by atoms with Crippen molar-refractivity contribution < 1.29 is 14.3 Å². The van der Waals surface area contributed by atoms with E-state index < -0.39 is 6.04 Å². The van der Waals surface area contributed by atoms with Gasteiger partial charge in [-0.2, -0.15) is 0 Å². The highest BCUT2D eigenvalue weighted by molar-refractivity contribution is 5.88. The molecule has 0 aliphatic heterocycles. The van der Waals surface area contributed by atoms with E-state index in [9.17, 15) is 9.59 Å². The van der Waals surface area contributed by atoms with Crippen molar-refractivity contribution in [2.75, 3.05) is 13.2 Å². The molecule has 0 fully saturated rings. The molecule has 3 aromatic carbocycles. The van der Waals surface area contributed by atoms with Gasteiger partial charge in [-0.1, -0.05) is 77.9 Å². The Morgan fingerprint density at radius 2 is 1.56 bits per heavy atom. The van der Waals surface area contributed by atoms with Crippen LogP contribution in [-0.2, 0) is 22.6 Å². The van der Waals surface area contributed by atoms with Crippen LogP contribution in [0.3, 0.4) is 0 Å². The first-order chi connectivity index (χ1) is 16.4. The molecule has 0 saturated heterocycles. The van der Waals surface area contributed by atoms with Gasteiger partial charge in [-0.15, -0.1) is 0 Å².